The summed E-state index contributed by atoms with van der Waals surface area (Å²) < 4.78 is 22.5. The quantitative estimate of drug-likeness (QED) is 0.229. The fraction of sp³-hybridized carbons (Fsp3) is 0.733. The third-order valence-electron chi connectivity index (χ3n) is 7.51. The van der Waals surface area contributed by atoms with Crippen LogP contribution in [-0.4, -0.2) is 67.2 Å². The van der Waals surface area contributed by atoms with Gasteiger partial charge in [0.2, 0.25) is 0 Å². The van der Waals surface area contributed by atoms with Gasteiger partial charge in [-0.25, -0.2) is 4.79 Å². The average molecular weight is 536 g/mol. The summed E-state index contributed by atoms with van der Waals surface area (Å²) >= 11 is 0. The molecule has 1 saturated heterocycles. The van der Waals surface area contributed by atoms with Crippen molar-refractivity contribution < 1.29 is 33.6 Å². The minimum Gasteiger partial charge on any atom is -0.493 e. The first kappa shape index (κ1) is 31.7. The van der Waals surface area contributed by atoms with Gasteiger partial charge in [0.15, 0.2) is 11.5 Å². The van der Waals surface area contributed by atoms with Gasteiger partial charge in [0.1, 0.15) is 6.10 Å². The molecule has 4 atom stereocenters. The smallest absolute Gasteiger partial charge is 0.408 e. The van der Waals surface area contributed by atoms with Crippen molar-refractivity contribution in [3.63, 3.8) is 0 Å². The highest BCUT2D eigenvalue weighted by Crippen LogP contribution is 2.38. The van der Waals surface area contributed by atoms with Gasteiger partial charge in [-0.15, -0.1) is 0 Å². The van der Waals surface area contributed by atoms with E-state index in [9.17, 15) is 14.7 Å². The number of rotatable bonds is 14. The molecule has 8 nitrogen and oxygen atoms in total. The van der Waals surface area contributed by atoms with Gasteiger partial charge in [-0.2, -0.15) is 0 Å². The molecule has 38 heavy (non-hydrogen) atoms. The highest BCUT2D eigenvalue weighted by molar-refractivity contribution is 5.75. The number of carboxylic acid groups (broad SMARTS) is 1. The lowest BCUT2D eigenvalue weighted by Crippen LogP contribution is -2.56. The van der Waals surface area contributed by atoms with Crippen LogP contribution in [-0.2, 0) is 20.7 Å². The summed E-state index contributed by atoms with van der Waals surface area (Å²) in [6.07, 6.45) is 1.16. The van der Waals surface area contributed by atoms with Crippen LogP contribution in [0.2, 0.25) is 0 Å². The first-order valence-electron chi connectivity index (χ1n) is 13.8. The molecule has 0 bridgehead atoms. The van der Waals surface area contributed by atoms with E-state index in [0.29, 0.717) is 37.6 Å². The molecular weight excluding hydrogens is 486 g/mol. The van der Waals surface area contributed by atoms with Crippen LogP contribution in [0.25, 0.3) is 0 Å². The second kappa shape index (κ2) is 14.1. The summed E-state index contributed by atoms with van der Waals surface area (Å²) in [6, 6.07) is 5.52. The average Bonchev–Trinajstić information content (AvgIpc) is 3.21. The molecular formula is C30H49NO7. The van der Waals surface area contributed by atoms with E-state index in [4.69, 9.17) is 18.9 Å². The summed E-state index contributed by atoms with van der Waals surface area (Å²) in [7, 11) is 3.29. The van der Waals surface area contributed by atoms with E-state index in [0.717, 1.165) is 18.4 Å². The van der Waals surface area contributed by atoms with Crippen molar-refractivity contribution in [3.8, 4) is 11.5 Å². The molecule has 1 aliphatic rings. The van der Waals surface area contributed by atoms with E-state index >= 15 is 0 Å². The fourth-order valence-electron chi connectivity index (χ4n) is 5.31. The van der Waals surface area contributed by atoms with Crippen molar-refractivity contribution in [2.24, 2.45) is 23.7 Å². The van der Waals surface area contributed by atoms with E-state index in [1.54, 1.807) is 14.2 Å². The Morgan fingerprint density at radius 2 is 1.82 bits per heavy atom. The molecule has 0 spiro atoms. The molecule has 1 aromatic rings. The van der Waals surface area contributed by atoms with Crippen LogP contribution in [0.1, 0.15) is 73.3 Å². The summed E-state index contributed by atoms with van der Waals surface area (Å²) in [5.41, 5.74) is 0.440. The van der Waals surface area contributed by atoms with Gasteiger partial charge in [0.05, 0.1) is 25.7 Å². The summed E-state index contributed by atoms with van der Waals surface area (Å²) in [5.74, 6) is 1.49. The number of amides is 1. The summed E-state index contributed by atoms with van der Waals surface area (Å²) in [5, 5.41) is 10.3. The number of carbonyl (C=O) groups excluding carboxylic acids is 1. The van der Waals surface area contributed by atoms with Crippen molar-refractivity contribution in [2.75, 3.05) is 27.4 Å². The van der Waals surface area contributed by atoms with Crippen molar-refractivity contribution in [1.82, 2.24) is 4.90 Å². The van der Waals surface area contributed by atoms with Gasteiger partial charge >= 0.3 is 12.1 Å². The monoisotopic (exact) mass is 535 g/mol. The molecule has 216 valence electrons. The minimum atomic E-state index is -0.995. The zero-order chi connectivity index (χ0) is 28.6. The Labute approximate surface area is 229 Å². The van der Waals surface area contributed by atoms with Crippen LogP contribution >= 0.6 is 0 Å². The normalized spacial score (nSPS) is 19.4. The predicted molar refractivity (Wildman–Crippen MR) is 148 cm³/mol. The third kappa shape index (κ3) is 8.52. The second-order valence-electron chi connectivity index (χ2n) is 12.1. The molecule has 1 heterocycles. The maximum absolute atomic E-state index is 12.7. The SMILES string of the molecule is COCCCOc1cc(C[C@@H](C[C@@H]([C@@H]2C[C@@H](C(C)C)C(=O)O2)N(C(=O)O)C(C)(C)C)C(C)C)ccc1OC. The molecule has 0 saturated carbocycles. The number of carbonyl (C=O) groups is 2. The van der Waals surface area contributed by atoms with Crippen LogP contribution in [0.15, 0.2) is 18.2 Å². The Bertz CT molecular complexity index is 908. The van der Waals surface area contributed by atoms with Crippen LogP contribution in [0.4, 0.5) is 4.79 Å². The molecule has 2 rings (SSSR count). The van der Waals surface area contributed by atoms with Crippen molar-refractivity contribution in [2.45, 2.75) is 91.8 Å². The molecule has 1 N–H and O–H groups in total. The van der Waals surface area contributed by atoms with Gasteiger partial charge < -0.3 is 24.1 Å². The summed E-state index contributed by atoms with van der Waals surface area (Å²) in [6.45, 7) is 15.2. The molecule has 8 heteroatoms. The highest BCUT2D eigenvalue weighted by atomic mass is 16.6. The molecule has 0 aromatic heterocycles. The van der Waals surface area contributed by atoms with Crippen LogP contribution in [0.3, 0.4) is 0 Å². The predicted octanol–water partition coefficient (Wildman–Crippen LogP) is 6.05. The third-order valence-corrected chi connectivity index (χ3v) is 7.51. The summed E-state index contributed by atoms with van der Waals surface area (Å²) in [4.78, 5) is 26.7. The Morgan fingerprint density at radius 1 is 1.13 bits per heavy atom. The number of nitrogens with zero attached hydrogens (tertiary/aromatic N) is 1. The molecule has 0 unspecified atom stereocenters. The molecule has 1 amide bonds. The van der Waals surface area contributed by atoms with E-state index in [1.807, 2.05) is 52.8 Å². The number of cyclic esters (lactones) is 1. The number of methoxy groups -OCH3 is 2. The van der Waals surface area contributed by atoms with Crippen molar-refractivity contribution in [3.05, 3.63) is 23.8 Å². The lowest BCUT2D eigenvalue weighted by Gasteiger charge is -2.43. The molecule has 1 aromatic carbocycles. The molecule has 1 fully saturated rings. The van der Waals surface area contributed by atoms with E-state index in [-0.39, 0.29) is 29.6 Å². The minimum absolute atomic E-state index is 0.142. The number of hydrogen-bond donors (Lipinski definition) is 1. The Morgan fingerprint density at radius 3 is 2.32 bits per heavy atom. The number of benzene rings is 1. The standard InChI is InChI=1S/C30H49NO7/c1-19(2)22(15-21-11-12-25(36-9)27(16-21)37-14-10-13-35-8)17-24(31(29(33)34)30(5,6)7)26-18-23(20(3)4)28(32)38-26/h11-12,16,19-20,22-24,26H,10,13-15,17-18H2,1-9H3,(H,33,34)/t22-,23-,24-,26-/m0/s1. The number of ether oxygens (including phenoxy) is 4. The van der Waals surface area contributed by atoms with E-state index in [1.165, 1.54) is 4.90 Å². The topological polar surface area (TPSA) is 94.5 Å². The Balaban J connectivity index is 2.35. The highest BCUT2D eigenvalue weighted by Gasteiger charge is 2.46. The largest absolute Gasteiger partial charge is 0.493 e. The number of hydrogen-bond acceptors (Lipinski definition) is 6. The molecule has 0 aliphatic carbocycles. The molecule has 0 radical (unpaired) electrons. The van der Waals surface area contributed by atoms with Crippen molar-refractivity contribution >= 4 is 12.1 Å². The zero-order valence-corrected chi connectivity index (χ0v) is 24.8. The van der Waals surface area contributed by atoms with Gasteiger partial charge in [0.25, 0.3) is 0 Å². The van der Waals surface area contributed by atoms with Gasteiger partial charge in [-0.3, -0.25) is 9.69 Å². The van der Waals surface area contributed by atoms with Crippen molar-refractivity contribution in [1.29, 1.82) is 0 Å². The Kier molecular flexibility index (Phi) is 11.7. The molecule has 1 aliphatic heterocycles. The van der Waals surface area contributed by atoms with Crippen LogP contribution in [0.5, 0.6) is 11.5 Å². The van der Waals surface area contributed by atoms with Gasteiger partial charge in [-0.1, -0.05) is 33.8 Å². The number of esters is 1. The van der Waals surface area contributed by atoms with Crippen LogP contribution in [0, 0.1) is 23.7 Å². The first-order valence-corrected chi connectivity index (χ1v) is 13.8. The van der Waals surface area contributed by atoms with Gasteiger partial charge in [0, 0.05) is 25.7 Å². The maximum Gasteiger partial charge on any atom is 0.408 e. The van der Waals surface area contributed by atoms with E-state index in [2.05, 4.69) is 13.8 Å². The van der Waals surface area contributed by atoms with Crippen LogP contribution < -0.4 is 9.47 Å². The zero-order valence-electron chi connectivity index (χ0n) is 24.8. The lowest BCUT2D eigenvalue weighted by molar-refractivity contribution is -0.148. The van der Waals surface area contributed by atoms with E-state index < -0.39 is 23.8 Å². The fourth-order valence-corrected chi connectivity index (χ4v) is 5.31. The lowest BCUT2D eigenvalue weighted by atomic mass is 9.80. The first-order chi connectivity index (χ1) is 17.8. The second-order valence-corrected chi connectivity index (χ2v) is 12.1. The maximum atomic E-state index is 12.7. The Hall–Kier alpha value is -2.48. The van der Waals surface area contributed by atoms with Gasteiger partial charge in [-0.05, 0) is 75.5 Å².